The third kappa shape index (κ3) is 9.22. The number of benzene rings is 6. The van der Waals surface area contributed by atoms with Crippen molar-refractivity contribution in [1.82, 2.24) is 15.0 Å². The standard InChI is InChI=1S/C55H48N3P3/c1-3-59-60(47-34-50(41-22-10-4-11-23-41)56-51(35-47)42-24-12-5-13-25-42)40-61(2,48-36-52(43-26-14-6-15-27-43)57-53(37-48)44-28-16-7-17-29-44)49-38-54(45-30-18-8-19-31-45)58-55(39-49)46-32-20-9-21-33-46/h4-39,59,61H,3,40H2,1-2H3. The van der Waals surface area contributed by atoms with Crippen LogP contribution in [-0.4, -0.2) is 33.7 Å². The molecule has 9 rings (SSSR count). The third-order valence-corrected chi connectivity index (χ3v) is 24.1. The Kier molecular flexibility index (Phi) is 12.4. The summed E-state index contributed by atoms with van der Waals surface area (Å²) in [6, 6.07) is 78.6. The van der Waals surface area contributed by atoms with Gasteiger partial charge in [-0.3, -0.25) is 0 Å². The van der Waals surface area contributed by atoms with Gasteiger partial charge in [0, 0.05) is 0 Å². The van der Waals surface area contributed by atoms with Gasteiger partial charge in [0.15, 0.2) is 0 Å². The maximum atomic E-state index is 5.38. The van der Waals surface area contributed by atoms with E-state index in [1.807, 2.05) is 0 Å². The molecule has 6 heteroatoms. The van der Waals surface area contributed by atoms with Gasteiger partial charge in [-0.05, 0) is 0 Å². The Balaban J connectivity index is 1.30. The summed E-state index contributed by atoms with van der Waals surface area (Å²) in [5, 5.41) is 4.15. The normalized spacial score (nSPS) is 12.4. The van der Waals surface area contributed by atoms with Gasteiger partial charge in [-0.2, -0.15) is 0 Å². The van der Waals surface area contributed by atoms with Gasteiger partial charge in [0.1, 0.15) is 0 Å². The quantitative estimate of drug-likeness (QED) is 0.109. The molecule has 0 bridgehead atoms. The topological polar surface area (TPSA) is 38.7 Å². The summed E-state index contributed by atoms with van der Waals surface area (Å²) in [6.07, 6.45) is 1.11. The fraction of sp³-hybridized carbons (Fsp3) is 0.0727. The monoisotopic (exact) mass is 843 g/mol. The van der Waals surface area contributed by atoms with Crippen LogP contribution in [0.1, 0.15) is 6.92 Å². The molecule has 0 radical (unpaired) electrons. The molecule has 0 saturated heterocycles. The van der Waals surface area contributed by atoms with Crippen LogP contribution in [0.25, 0.3) is 67.5 Å². The molecule has 0 N–H and O–H groups in total. The zero-order chi connectivity index (χ0) is 41.4. The summed E-state index contributed by atoms with van der Waals surface area (Å²) in [6.45, 7) is 4.96. The minimum atomic E-state index is -2.70. The molecule has 3 heterocycles. The van der Waals surface area contributed by atoms with Gasteiger partial charge < -0.3 is 0 Å². The second-order valence-corrected chi connectivity index (χ2v) is 25.5. The van der Waals surface area contributed by atoms with Crippen LogP contribution in [0, 0.1) is 0 Å². The van der Waals surface area contributed by atoms with Crippen molar-refractivity contribution < 1.29 is 0 Å². The Hall–Kier alpha value is -5.94. The Labute approximate surface area is 363 Å². The first kappa shape index (κ1) is 40.5. The Morgan fingerprint density at radius 3 is 0.869 bits per heavy atom. The second kappa shape index (κ2) is 18.8. The van der Waals surface area contributed by atoms with Crippen LogP contribution >= 0.6 is 23.1 Å². The van der Waals surface area contributed by atoms with E-state index in [1.165, 1.54) is 15.9 Å². The Morgan fingerprint density at radius 2 is 0.623 bits per heavy atom. The fourth-order valence-corrected chi connectivity index (χ4v) is 22.4. The van der Waals surface area contributed by atoms with Gasteiger partial charge >= 0.3 is 366 Å². The average molecular weight is 844 g/mol. The number of nitrogens with zero attached hydrogens (tertiary/aromatic N) is 3. The third-order valence-electron chi connectivity index (χ3n) is 11.3. The summed E-state index contributed by atoms with van der Waals surface area (Å²) in [5.41, 5.74) is 12.8. The van der Waals surface area contributed by atoms with Gasteiger partial charge in [0.2, 0.25) is 0 Å². The summed E-state index contributed by atoms with van der Waals surface area (Å²) < 4.78 is 0. The fourth-order valence-electron chi connectivity index (χ4n) is 8.01. The van der Waals surface area contributed by atoms with Crippen LogP contribution in [0.2, 0.25) is 0 Å². The number of pyridine rings is 3. The van der Waals surface area contributed by atoms with E-state index >= 15 is 0 Å². The van der Waals surface area contributed by atoms with Crippen LogP contribution < -0.4 is 15.9 Å². The molecule has 0 aliphatic rings. The first-order valence-electron chi connectivity index (χ1n) is 20.9. The summed E-state index contributed by atoms with van der Waals surface area (Å²) >= 11 is 0. The molecule has 0 fully saturated rings. The molecule has 3 nitrogen and oxygen atoms in total. The first-order chi connectivity index (χ1) is 30.0. The van der Waals surface area contributed by atoms with E-state index < -0.39 is 14.9 Å². The molecular formula is C55H48N3P3. The molecule has 2 atom stereocenters. The van der Waals surface area contributed by atoms with Crippen molar-refractivity contribution >= 4 is 39.1 Å². The molecule has 2 unspecified atom stereocenters. The maximum absolute atomic E-state index is 5.38. The zero-order valence-corrected chi connectivity index (χ0v) is 37.4. The van der Waals surface area contributed by atoms with Gasteiger partial charge in [0.05, 0.1) is 0 Å². The Morgan fingerprint density at radius 1 is 0.377 bits per heavy atom. The number of hydrogen-bond donors (Lipinski definition) is 0. The van der Waals surface area contributed by atoms with E-state index in [-0.39, 0.29) is 0 Å². The second-order valence-electron chi connectivity index (χ2n) is 15.5. The number of hydrogen-bond acceptors (Lipinski definition) is 3. The van der Waals surface area contributed by atoms with Gasteiger partial charge in [0.25, 0.3) is 0 Å². The van der Waals surface area contributed by atoms with E-state index in [9.17, 15) is 0 Å². The van der Waals surface area contributed by atoms with Crippen LogP contribution in [0.4, 0.5) is 0 Å². The van der Waals surface area contributed by atoms with E-state index in [0.29, 0.717) is 0 Å². The van der Waals surface area contributed by atoms with Gasteiger partial charge in [-0.25, -0.2) is 0 Å². The molecule has 0 saturated carbocycles. The SMILES string of the molecule is CCPP(C[PH](C)(c1cc(-c2ccccc2)nc(-c2ccccc2)c1)c1cc(-c2ccccc2)nc(-c2ccccc2)c1)c1cc(-c2ccccc2)nc(-c2ccccc2)c1. The molecule has 0 spiro atoms. The van der Waals surface area contributed by atoms with Crippen molar-refractivity contribution in [2.45, 2.75) is 6.92 Å². The molecule has 6 aromatic carbocycles. The van der Waals surface area contributed by atoms with Crippen molar-refractivity contribution in [2.75, 3.05) is 18.7 Å². The zero-order valence-electron chi connectivity index (χ0n) is 34.5. The predicted octanol–water partition coefficient (Wildman–Crippen LogP) is 13.6. The van der Waals surface area contributed by atoms with E-state index in [2.05, 4.69) is 232 Å². The summed E-state index contributed by atoms with van der Waals surface area (Å²) in [4.78, 5) is 16.1. The van der Waals surface area contributed by atoms with Crippen molar-refractivity contribution in [3.63, 3.8) is 0 Å². The van der Waals surface area contributed by atoms with Gasteiger partial charge in [-0.15, -0.1) is 0 Å². The molecule has 9 aromatic rings. The molecule has 0 aliphatic heterocycles. The van der Waals surface area contributed by atoms with Crippen molar-refractivity contribution in [2.24, 2.45) is 0 Å². The molecule has 0 amide bonds. The van der Waals surface area contributed by atoms with Crippen molar-refractivity contribution in [3.8, 4) is 67.5 Å². The van der Waals surface area contributed by atoms with Crippen molar-refractivity contribution in [3.05, 3.63) is 218 Å². The number of rotatable bonds is 13. The number of aromatic nitrogens is 3. The average Bonchev–Trinajstić information content (AvgIpc) is 3.35. The molecule has 3 aromatic heterocycles. The van der Waals surface area contributed by atoms with Crippen molar-refractivity contribution in [1.29, 1.82) is 0 Å². The summed E-state index contributed by atoms with van der Waals surface area (Å²) in [7, 11) is -2.58. The van der Waals surface area contributed by atoms with Crippen LogP contribution in [0.15, 0.2) is 218 Å². The summed E-state index contributed by atoms with van der Waals surface area (Å²) in [5.74, 6) is 1.06. The van der Waals surface area contributed by atoms with Gasteiger partial charge in [-0.1, -0.05) is 0 Å². The predicted molar refractivity (Wildman–Crippen MR) is 269 cm³/mol. The molecular weight excluding hydrogens is 796 g/mol. The van der Waals surface area contributed by atoms with Crippen LogP contribution in [0.5, 0.6) is 0 Å². The van der Waals surface area contributed by atoms with E-state index in [0.717, 1.165) is 87.9 Å². The van der Waals surface area contributed by atoms with E-state index in [4.69, 9.17) is 15.0 Å². The van der Waals surface area contributed by atoms with E-state index in [1.54, 1.807) is 0 Å². The Bertz CT molecular complexity index is 2540. The van der Waals surface area contributed by atoms with Crippen LogP contribution in [0.3, 0.4) is 0 Å². The minimum absolute atomic E-state index is 0.651. The first-order valence-corrected chi connectivity index (χ1v) is 27.2. The van der Waals surface area contributed by atoms with Crippen LogP contribution in [-0.2, 0) is 0 Å². The molecule has 298 valence electrons. The molecule has 61 heavy (non-hydrogen) atoms. The molecule has 0 aliphatic carbocycles.